The molecule has 2 heterocycles. The summed E-state index contributed by atoms with van der Waals surface area (Å²) in [4.78, 5) is 16.9. The molecule has 0 saturated carbocycles. The largest absolute Gasteiger partial charge is 0.494 e. The lowest BCUT2D eigenvalue weighted by Gasteiger charge is -2.20. The summed E-state index contributed by atoms with van der Waals surface area (Å²) in [6.07, 6.45) is 1.96. The SMILES string of the molecule is CCOc1ccc2cc(C(=O)Nc3cc4c(cc3SC)OCCO4)[nH]c2c1. The lowest BCUT2D eigenvalue weighted by atomic mass is 10.2. The van der Waals surface area contributed by atoms with Gasteiger partial charge in [-0.3, -0.25) is 4.79 Å². The van der Waals surface area contributed by atoms with Crippen LogP contribution in [0.2, 0.25) is 0 Å². The number of hydrogen-bond donors (Lipinski definition) is 2. The van der Waals surface area contributed by atoms with Crippen molar-refractivity contribution in [3.8, 4) is 17.2 Å². The Kier molecular flexibility index (Phi) is 4.85. The second kappa shape index (κ2) is 7.44. The van der Waals surface area contributed by atoms with E-state index in [4.69, 9.17) is 14.2 Å². The summed E-state index contributed by atoms with van der Waals surface area (Å²) in [6, 6.07) is 11.3. The summed E-state index contributed by atoms with van der Waals surface area (Å²) >= 11 is 1.54. The number of amides is 1. The van der Waals surface area contributed by atoms with Crippen molar-refractivity contribution in [3.05, 3.63) is 42.1 Å². The molecule has 1 aromatic heterocycles. The van der Waals surface area contributed by atoms with Crippen molar-refractivity contribution in [1.29, 1.82) is 0 Å². The molecule has 0 fully saturated rings. The van der Waals surface area contributed by atoms with Gasteiger partial charge in [-0.25, -0.2) is 0 Å². The standard InChI is InChI=1S/C20H20N2O4S/c1-3-24-13-5-4-12-8-16(21-14(12)9-13)20(23)22-15-10-17-18(11-19(15)27-2)26-7-6-25-17/h4-5,8-11,21H,3,6-7H2,1-2H3,(H,22,23). The summed E-state index contributed by atoms with van der Waals surface area (Å²) in [5.41, 5.74) is 2.05. The van der Waals surface area contributed by atoms with Gasteiger partial charge in [0.15, 0.2) is 11.5 Å². The Morgan fingerprint density at radius 3 is 2.70 bits per heavy atom. The van der Waals surface area contributed by atoms with Crippen LogP contribution < -0.4 is 19.5 Å². The number of rotatable bonds is 5. The number of ether oxygens (including phenoxy) is 3. The molecule has 6 nitrogen and oxygen atoms in total. The minimum atomic E-state index is -0.212. The van der Waals surface area contributed by atoms with Crippen LogP contribution in [0.25, 0.3) is 10.9 Å². The molecule has 0 spiro atoms. The van der Waals surface area contributed by atoms with E-state index in [9.17, 15) is 4.79 Å². The summed E-state index contributed by atoms with van der Waals surface area (Å²) in [5.74, 6) is 1.91. The van der Waals surface area contributed by atoms with Crippen molar-refractivity contribution in [2.24, 2.45) is 0 Å². The van der Waals surface area contributed by atoms with E-state index in [1.54, 1.807) is 11.8 Å². The second-order valence-electron chi connectivity index (χ2n) is 6.02. The number of H-pyrrole nitrogens is 1. The van der Waals surface area contributed by atoms with Gasteiger partial charge in [0, 0.05) is 27.9 Å². The van der Waals surface area contributed by atoms with Crippen LogP contribution in [-0.4, -0.2) is 37.0 Å². The number of aromatic nitrogens is 1. The first-order chi connectivity index (χ1) is 13.2. The van der Waals surface area contributed by atoms with Gasteiger partial charge < -0.3 is 24.5 Å². The Morgan fingerprint density at radius 1 is 1.19 bits per heavy atom. The number of benzene rings is 2. The fourth-order valence-corrected chi connectivity index (χ4v) is 3.57. The van der Waals surface area contributed by atoms with Gasteiger partial charge >= 0.3 is 0 Å². The van der Waals surface area contributed by atoms with Crippen LogP contribution in [0, 0.1) is 0 Å². The summed E-state index contributed by atoms with van der Waals surface area (Å²) in [6.45, 7) is 3.57. The molecule has 27 heavy (non-hydrogen) atoms. The first-order valence-corrected chi connectivity index (χ1v) is 9.95. The highest BCUT2D eigenvalue weighted by molar-refractivity contribution is 7.98. The van der Waals surface area contributed by atoms with Gasteiger partial charge in [-0.05, 0) is 37.4 Å². The van der Waals surface area contributed by atoms with E-state index in [2.05, 4.69) is 10.3 Å². The maximum Gasteiger partial charge on any atom is 0.272 e. The predicted octanol–water partition coefficient (Wildman–Crippen LogP) is 4.31. The van der Waals surface area contributed by atoms with Gasteiger partial charge in [0.25, 0.3) is 5.91 Å². The first-order valence-electron chi connectivity index (χ1n) is 8.72. The molecular formula is C20H20N2O4S. The van der Waals surface area contributed by atoms with E-state index in [1.807, 2.05) is 49.6 Å². The van der Waals surface area contributed by atoms with Gasteiger partial charge in [-0.15, -0.1) is 11.8 Å². The molecule has 1 aliphatic rings. The first kappa shape index (κ1) is 17.6. The van der Waals surface area contributed by atoms with Crippen molar-refractivity contribution in [3.63, 3.8) is 0 Å². The molecule has 7 heteroatoms. The van der Waals surface area contributed by atoms with E-state index >= 15 is 0 Å². The van der Waals surface area contributed by atoms with Gasteiger partial charge in [0.2, 0.25) is 0 Å². The molecule has 4 rings (SSSR count). The zero-order chi connectivity index (χ0) is 18.8. The number of nitrogens with one attached hydrogen (secondary N) is 2. The molecule has 2 aromatic carbocycles. The molecule has 0 saturated heterocycles. The molecule has 0 radical (unpaired) electrons. The number of carbonyl (C=O) groups excluding carboxylic acids is 1. The van der Waals surface area contributed by atoms with Crippen molar-refractivity contribution >= 4 is 34.3 Å². The number of aromatic amines is 1. The zero-order valence-corrected chi connectivity index (χ0v) is 15.9. The third-order valence-electron chi connectivity index (χ3n) is 4.26. The van der Waals surface area contributed by atoms with Crippen molar-refractivity contribution in [1.82, 2.24) is 4.98 Å². The van der Waals surface area contributed by atoms with Crippen molar-refractivity contribution < 1.29 is 19.0 Å². The second-order valence-corrected chi connectivity index (χ2v) is 6.86. The molecule has 1 amide bonds. The average Bonchev–Trinajstić information content (AvgIpc) is 3.11. The van der Waals surface area contributed by atoms with Crippen LogP contribution in [-0.2, 0) is 0 Å². The molecule has 2 N–H and O–H groups in total. The van der Waals surface area contributed by atoms with Crippen LogP contribution in [0.4, 0.5) is 5.69 Å². The van der Waals surface area contributed by atoms with Crippen molar-refractivity contribution in [2.45, 2.75) is 11.8 Å². The monoisotopic (exact) mass is 384 g/mol. The van der Waals surface area contributed by atoms with E-state index in [-0.39, 0.29) is 5.91 Å². The molecule has 1 aliphatic heterocycles. The molecule has 0 bridgehead atoms. The predicted molar refractivity (Wildman–Crippen MR) is 107 cm³/mol. The minimum absolute atomic E-state index is 0.212. The Bertz CT molecular complexity index is 999. The molecule has 0 unspecified atom stereocenters. The topological polar surface area (TPSA) is 72.6 Å². The Labute approximate surface area is 161 Å². The highest BCUT2D eigenvalue weighted by Crippen LogP contribution is 2.39. The summed E-state index contributed by atoms with van der Waals surface area (Å²) in [7, 11) is 0. The quantitative estimate of drug-likeness (QED) is 0.641. The average molecular weight is 384 g/mol. The van der Waals surface area contributed by atoms with Gasteiger partial charge in [0.05, 0.1) is 12.3 Å². The molecule has 0 atom stereocenters. The van der Waals surface area contributed by atoms with Gasteiger partial charge in [0.1, 0.15) is 24.7 Å². The zero-order valence-electron chi connectivity index (χ0n) is 15.1. The third-order valence-corrected chi connectivity index (χ3v) is 5.04. The highest BCUT2D eigenvalue weighted by Gasteiger charge is 2.18. The van der Waals surface area contributed by atoms with Crippen LogP contribution in [0.3, 0.4) is 0 Å². The van der Waals surface area contributed by atoms with E-state index in [0.29, 0.717) is 42.7 Å². The van der Waals surface area contributed by atoms with E-state index < -0.39 is 0 Å². The molecule has 3 aromatic rings. The number of anilines is 1. The van der Waals surface area contributed by atoms with Crippen LogP contribution in [0.5, 0.6) is 17.2 Å². The normalized spacial score (nSPS) is 12.8. The smallest absolute Gasteiger partial charge is 0.272 e. The van der Waals surface area contributed by atoms with E-state index in [0.717, 1.165) is 21.5 Å². The molecule has 0 aliphatic carbocycles. The maximum atomic E-state index is 12.8. The van der Waals surface area contributed by atoms with E-state index in [1.165, 1.54) is 0 Å². The summed E-state index contributed by atoms with van der Waals surface area (Å²) in [5, 5.41) is 3.93. The lowest BCUT2D eigenvalue weighted by Crippen LogP contribution is -2.17. The maximum absolute atomic E-state index is 12.8. The fraction of sp³-hybridized carbons (Fsp3) is 0.250. The van der Waals surface area contributed by atoms with Crippen LogP contribution >= 0.6 is 11.8 Å². The third kappa shape index (κ3) is 3.55. The Morgan fingerprint density at radius 2 is 1.96 bits per heavy atom. The number of hydrogen-bond acceptors (Lipinski definition) is 5. The van der Waals surface area contributed by atoms with Gasteiger partial charge in [-0.1, -0.05) is 0 Å². The fourth-order valence-electron chi connectivity index (χ4n) is 3.01. The van der Waals surface area contributed by atoms with Gasteiger partial charge in [-0.2, -0.15) is 0 Å². The highest BCUT2D eigenvalue weighted by atomic mass is 32.2. The van der Waals surface area contributed by atoms with Crippen LogP contribution in [0.1, 0.15) is 17.4 Å². The Balaban J connectivity index is 1.61. The number of thioether (sulfide) groups is 1. The van der Waals surface area contributed by atoms with Crippen LogP contribution in [0.15, 0.2) is 41.3 Å². The number of fused-ring (bicyclic) bond motifs is 2. The minimum Gasteiger partial charge on any atom is -0.494 e. The molecular weight excluding hydrogens is 364 g/mol. The summed E-state index contributed by atoms with van der Waals surface area (Å²) < 4.78 is 16.8. The Hall–Kier alpha value is -2.80. The van der Waals surface area contributed by atoms with Crippen molar-refractivity contribution in [2.75, 3.05) is 31.4 Å². The lowest BCUT2D eigenvalue weighted by molar-refractivity contribution is 0.102. The molecule has 140 valence electrons. The number of carbonyl (C=O) groups is 1.